The number of carbonyl (C=O) groups excluding carboxylic acids is 2. The van der Waals surface area contributed by atoms with E-state index >= 15 is 0 Å². The van der Waals surface area contributed by atoms with E-state index in [4.69, 9.17) is 9.47 Å². The van der Waals surface area contributed by atoms with E-state index in [1.54, 1.807) is 0 Å². The van der Waals surface area contributed by atoms with Crippen LogP contribution in [0.2, 0.25) is 0 Å². The zero-order valence-corrected chi connectivity index (χ0v) is 22.4. The van der Waals surface area contributed by atoms with Crippen molar-refractivity contribution in [3.8, 4) is 0 Å². The Morgan fingerprint density at radius 3 is 2.26 bits per heavy atom. The molecule has 2 aliphatic heterocycles. The number of fused-ring (bicyclic) bond motifs is 6. The number of hydrogen-bond acceptors (Lipinski definition) is 4. The van der Waals surface area contributed by atoms with E-state index in [9.17, 15) is 9.59 Å². The summed E-state index contributed by atoms with van der Waals surface area (Å²) in [5, 5.41) is 0. The van der Waals surface area contributed by atoms with Crippen molar-refractivity contribution in [2.75, 3.05) is 0 Å². The molecule has 4 heteroatoms. The summed E-state index contributed by atoms with van der Waals surface area (Å²) in [7, 11) is 0. The minimum absolute atomic E-state index is 0.0388. The molecule has 0 N–H and O–H groups in total. The van der Waals surface area contributed by atoms with Crippen LogP contribution in [0.1, 0.15) is 106 Å². The molecule has 2 heterocycles. The van der Waals surface area contributed by atoms with Gasteiger partial charge in [-0.2, -0.15) is 0 Å². The lowest BCUT2D eigenvalue weighted by Crippen LogP contribution is -2.74. The summed E-state index contributed by atoms with van der Waals surface area (Å²) >= 11 is 0. The first-order chi connectivity index (χ1) is 15.7. The molecule has 7 aliphatic rings. The molecule has 1 spiro atoms. The summed E-state index contributed by atoms with van der Waals surface area (Å²) < 4.78 is 13.6. The van der Waals surface area contributed by atoms with Crippen LogP contribution < -0.4 is 0 Å². The third-order valence-corrected chi connectivity index (χ3v) is 14.0. The van der Waals surface area contributed by atoms with Crippen LogP contribution in [0.15, 0.2) is 0 Å². The SMILES string of the molecule is CC1(C)CC[C@@]23CC[C@]4(C)[C@](OC2=O)([C@H]2O[C@H]2[C@@H]2[C@@]5(C)CCC(=O)C(C)(C)[C@H]5CC[C@]24C)[C@H]3C1. The fraction of sp³-hybridized carbons (Fsp3) is 0.933. The highest BCUT2D eigenvalue weighted by atomic mass is 16.6. The quantitative estimate of drug-likeness (QED) is 0.318. The number of hydrogen-bond donors (Lipinski definition) is 0. The van der Waals surface area contributed by atoms with Gasteiger partial charge in [0.25, 0.3) is 0 Å². The van der Waals surface area contributed by atoms with Crippen molar-refractivity contribution in [2.45, 2.75) is 124 Å². The molecule has 0 aromatic rings. The number of Topliss-reactive ketones (excluding diaryl/α,β-unsaturated/α-hetero) is 1. The number of carbonyl (C=O) groups is 2. The zero-order valence-electron chi connectivity index (χ0n) is 22.4. The molecule has 10 atom stereocenters. The number of rotatable bonds is 0. The predicted molar refractivity (Wildman–Crippen MR) is 129 cm³/mol. The fourth-order valence-corrected chi connectivity index (χ4v) is 12.0. The van der Waals surface area contributed by atoms with Crippen LogP contribution in [-0.2, 0) is 19.1 Å². The van der Waals surface area contributed by atoms with Gasteiger partial charge in [-0.1, -0.05) is 48.5 Å². The molecule has 2 saturated heterocycles. The van der Waals surface area contributed by atoms with Crippen molar-refractivity contribution in [2.24, 2.45) is 50.2 Å². The number of ether oxygens (including phenoxy) is 2. The minimum atomic E-state index is -0.473. The van der Waals surface area contributed by atoms with Crippen molar-refractivity contribution in [1.82, 2.24) is 0 Å². The van der Waals surface area contributed by atoms with E-state index in [2.05, 4.69) is 48.5 Å². The Morgan fingerprint density at radius 2 is 1.53 bits per heavy atom. The van der Waals surface area contributed by atoms with Gasteiger partial charge >= 0.3 is 5.97 Å². The first kappa shape index (κ1) is 22.3. The van der Waals surface area contributed by atoms with Gasteiger partial charge < -0.3 is 9.47 Å². The average Bonchev–Trinajstić information content (AvgIpc) is 3.49. The molecule has 188 valence electrons. The van der Waals surface area contributed by atoms with Gasteiger partial charge in [0.1, 0.15) is 11.9 Å². The second-order valence-electron chi connectivity index (χ2n) is 15.8. The van der Waals surface area contributed by atoms with Crippen molar-refractivity contribution < 1.29 is 19.1 Å². The topological polar surface area (TPSA) is 55.9 Å². The highest BCUT2D eigenvalue weighted by molar-refractivity contribution is 5.85. The maximum absolute atomic E-state index is 13.7. The monoisotopic (exact) mass is 468 g/mol. The van der Waals surface area contributed by atoms with Gasteiger partial charge in [0.15, 0.2) is 5.60 Å². The van der Waals surface area contributed by atoms with Gasteiger partial charge in [-0.25, -0.2) is 0 Å². The third-order valence-electron chi connectivity index (χ3n) is 14.0. The lowest BCUT2D eigenvalue weighted by molar-refractivity contribution is -0.266. The molecule has 5 aliphatic carbocycles. The maximum atomic E-state index is 13.7. The average molecular weight is 469 g/mol. The molecular weight excluding hydrogens is 424 g/mol. The van der Waals surface area contributed by atoms with Gasteiger partial charge in [-0.15, -0.1) is 0 Å². The summed E-state index contributed by atoms with van der Waals surface area (Å²) in [6.45, 7) is 16.7. The molecular formula is C30H44O4. The van der Waals surface area contributed by atoms with Gasteiger partial charge in [0.05, 0.1) is 11.5 Å². The van der Waals surface area contributed by atoms with E-state index in [1.165, 1.54) is 0 Å². The van der Waals surface area contributed by atoms with Crippen molar-refractivity contribution in [3.05, 3.63) is 0 Å². The molecule has 0 unspecified atom stereocenters. The van der Waals surface area contributed by atoms with E-state index in [1.807, 2.05) is 0 Å². The molecule has 7 rings (SSSR count). The van der Waals surface area contributed by atoms with Crippen LogP contribution in [0.5, 0.6) is 0 Å². The van der Waals surface area contributed by atoms with Crippen LogP contribution in [0.4, 0.5) is 0 Å². The summed E-state index contributed by atoms with van der Waals surface area (Å²) in [5.41, 5.74) is -0.720. The Bertz CT molecular complexity index is 1010. The fourth-order valence-electron chi connectivity index (χ4n) is 12.0. The molecule has 2 bridgehead atoms. The summed E-state index contributed by atoms with van der Waals surface area (Å²) in [5.74, 6) is 1.65. The molecule has 5 saturated carbocycles. The highest BCUT2D eigenvalue weighted by Crippen LogP contribution is 2.83. The Kier molecular flexibility index (Phi) is 3.81. The molecule has 7 fully saturated rings. The second kappa shape index (κ2) is 5.81. The summed E-state index contributed by atoms with van der Waals surface area (Å²) in [4.78, 5) is 26.7. The van der Waals surface area contributed by atoms with Gasteiger partial charge in [0.2, 0.25) is 0 Å². The molecule has 4 nitrogen and oxygen atoms in total. The molecule has 0 amide bonds. The summed E-state index contributed by atoms with van der Waals surface area (Å²) in [6, 6.07) is 0. The van der Waals surface area contributed by atoms with Gasteiger partial charge in [-0.3, -0.25) is 9.59 Å². The molecule has 0 aromatic carbocycles. The molecule has 0 aromatic heterocycles. The van der Waals surface area contributed by atoms with Crippen LogP contribution in [-0.4, -0.2) is 29.6 Å². The number of epoxide rings is 1. The molecule has 0 radical (unpaired) electrons. The maximum Gasteiger partial charge on any atom is 0.313 e. The highest BCUT2D eigenvalue weighted by Gasteiger charge is 2.89. The third kappa shape index (κ3) is 2.05. The minimum Gasteiger partial charge on any atom is -0.455 e. The van der Waals surface area contributed by atoms with E-state index in [0.717, 1.165) is 51.4 Å². The van der Waals surface area contributed by atoms with Crippen LogP contribution in [0, 0.1) is 50.2 Å². The smallest absolute Gasteiger partial charge is 0.313 e. The largest absolute Gasteiger partial charge is 0.455 e. The predicted octanol–water partition coefficient (Wildman–Crippen LogP) is 6.10. The molecule has 34 heavy (non-hydrogen) atoms. The Balaban J connectivity index is 1.39. The lowest BCUT2D eigenvalue weighted by Gasteiger charge is -2.72. The Labute approximate surface area is 205 Å². The van der Waals surface area contributed by atoms with E-state index in [-0.39, 0.29) is 56.6 Å². The van der Waals surface area contributed by atoms with E-state index < -0.39 is 5.60 Å². The van der Waals surface area contributed by atoms with Crippen LogP contribution >= 0.6 is 0 Å². The first-order valence-corrected chi connectivity index (χ1v) is 14.1. The van der Waals surface area contributed by atoms with Crippen molar-refractivity contribution >= 4 is 11.8 Å². The van der Waals surface area contributed by atoms with Gasteiger partial charge in [-0.05, 0) is 79.4 Å². The second-order valence-corrected chi connectivity index (χ2v) is 15.8. The number of esters is 1. The van der Waals surface area contributed by atoms with Crippen molar-refractivity contribution in [3.63, 3.8) is 0 Å². The number of ketones is 1. The Morgan fingerprint density at radius 1 is 0.824 bits per heavy atom. The Hall–Kier alpha value is -0.900. The first-order valence-electron chi connectivity index (χ1n) is 14.1. The summed E-state index contributed by atoms with van der Waals surface area (Å²) in [6.07, 6.45) is 9.31. The lowest BCUT2D eigenvalue weighted by atomic mass is 9.31. The normalized spacial score (nSPS) is 60.1. The van der Waals surface area contributed by atoms with E-state index in [0.29, 0.717) is 24.0 Å². The zero-order chi connectivity index (χ0) is 24.3. The van der Waals surface area contributed by atoms with Crippen molar-refractivity contribution in [1.29, 1.82) is 0 Å². The standard InChI is InChI=1S/C30H44O4/c1-24(2)12-14-29-15-13-28(7)27(6)11-8-17-25(3,4)19(31)9-10-26(17,5)21(27)20-22(33-20)30(28,18(29)16-24)34-23(29)32/h17-18,20-22H,8-16H2,1-7H3/t17-,18+,20+,21-,22+,26+,27-,28+,29+,30-/m1/s1. The van der Waals surface area contributed by atoms with Gasteiger partial charge in [0, 0.05) is 23.2 Å². The van der Waals surface area contributed by atoms with Crippen LogP contribution in [0.3, 0.4) is 0 Å². The van der Waals surface area contributed by atoms with Crippen LogP contribution in [0.25, 0.3) is 0 Å².